The molecule has 0 radical (unpaired) electrons. The van der Waals surface area contributed by atoms with E-state index in [1.165, 1.54) is 26.4 Å². The molecule has 0 saturated heterocycles. The minimum Gasteiger partial charge on any atom is -0.493 e. The Morgan fingerprint density at radius 1 is 0.865 bits per heavy atom. The van der Waals surface area contributed by atoms with Crippen molar-refractivity contribution in [2.24, 2.45) is 0 Å². The second-order valence-electron chi connectivity index (χ2n) is 13.1. The Morgan fingerprint density at radius 3 is 2.12 bits per heavy atom. The summed E-state index contributed by atoms with van der Waals surface area (Å²) in [5, 5.41) is 19.1. The Bertz CT molecular complexity index is 1730. The molecule has 286 valence electrons. The number of halogens is 2. The molecule has 10 nitrogen and oxygen atoms in total. The van der Waals surface area contributed by atoms with E-state index in [9.17, 15) is 31.9 Å². The Labute approximate surface area is 306 Å². The highest BCUT2D eigenvalue weighted by atomic mass is 32.2. The molecule has 13 heteroatoms. The van der Waals surface area contributed by atoms with Crippen LogP contribution in [0.4, 0.5) is 8.78 Å². The van der Waals surface area contributed by atoms with Crippen molar-refractivity contribution < 1.29 is 41.4 Å². The predicted octanol–water partition coefficient (Wildman–Crippen LogP) is 5.21. The average molecular weight is 746 g/mol. The maximum atomic E-state index is 14.2. The summed E-state index contributed by atoms with van der Waals surface area (Å²) in [4.78, 5) is 27.8. The standard InChI is InChI=1S/C39H53F2N3O7S/c1-7-11-32(12-8-2)52(48,49)24-34(44-38(46)29-15-25(4)37(51-6)36(20-29)50-5)39(47)43-33(19-28-17-30(40)21-31(41)18-28)35(45)23-42-22-27-14-10-13-26(9-3)16-27/h10,13-18,20-21,32-35,42,45H,7-9,11-12,19,22-24H2,1-6H3,(H,43,47)(H,44,46)/t33-,34?,35+/m0/s1. The minimum atomic E-state index is -3.92. The number of carbonyl (C=O) groups excluding carboxylic acids is 2. The van der Waals surface area contributed by atoms with Crippen molar-refractivity contribution in [3.63, 3.8) is 0 Å². The second kappa shape index (κ2) is 20.2. The molecule has 0 aliphatic heterocycles. The van der Waals surface area contributed by atoms with Crippen LogP contribution in [0.1, 0.15) is 79.1 Å². The van der Waals surface area contributed by atoms with Gasteiger partial charge >= 0.3 is 0 Å². The molecule has 0 aliphatic rings. The predicted molar refractivity (Wildman–Crippen MR) is 198 cm³/mol. The Morgan fingerprint density at radius 2 is 1.52 bits per heavy atom. The number of rotatable bonds is 21. The van der Waals surface area contributed by atoms with E-state index in [4.69, 9.17) is 9.47 Å². The molecule has 0 aliphatic carbocycles. The Kier molecular flexibility index (Phi) is 16.5. The molecule has 4 N–H and O–H groups in total. The fourth-order valence-corrected chi connectivity index (χ4v) is 8.40. The SMILES string of the molecule is CCCC(CCC)S(=O)(=O)CC(NC(=O)c1cc(C)c(OC)c(OC)c1)C(=O)N[C@@H](Cc1cc(F)cc(F)c1)[C@H](O)CNCc1cccc(CC)c1. The van der Waals surface area contributed by atoms with Gasteiger partial charge in [-0.15, -0.1) is 0 Å². The molecule has 3 atom stereocenters. The number of aryl methyl sites for hydroxylation is 2. The molecule has 2 amide bonds. The molecule has 0 fully saturated rings. The normalized spacial score (nSPS) is 13.3. The molecule has 1 unspecified atom stereocenters. The molecule has 0 spiro atoms. The number of hydrogen-bond donors (Lipinski definition) is 4. The van der Waals surface area contributed by atoms with E-state index in [-0.39, 0.29) is 29.8 Å². The van der Waals surface area contributed by atoms with Crippen molar-refractivity contribution in [1.29, 1.82) is 0 Å². The van der Waals surface area contributed by atoms with Gasteiger partial charge in [-0.05, 0) is 79.1 Å². The summed E-state index contributed by atoms with van der Waals surface area (Å²) in [7, 11) is -1.05. The molecule has 0 heterocycles. The van der Waals surface area contributed by atoms with Gasteiger partial charge in [0.1, 0.15) is 17.7 Å². The number of aliphatic hydroxyl groups is 1. The van der Waals surface area contributed by atoms with E-state index >= 15 is 0 Å². The van der Waals surface area contributed by atoms with E-state index in [1.54, 1.807) is 6.92 Å². The van der Waals surface area contributed by atoms with Crippen LogP contribution in [0.15, 0.2) is 54.6 Å². The summed E-state index contributed by atoms with van der Waals surface area (Å²) in [6.07, 6.45) is 1.35. The summed E-state index contributed by atoms with van der Waals surface area (Å²) in [5.74, 6) is -3.29. The van der Waals surface area contributed by atoms with Gasteiger partial charge in [-0.2, -0.15) is 0 Å². The molecule has 3 aromatic carbocycles. The van der Waals surface area contributed by atoms with Gasteiger partial charge in [-0.25, -0.2) is 17.2 Å². The third kappa shape index (κ3) is 12.3. The van der Waals surface area contributed by atoms with E-state index < -0.39 is 62.5 Å². The van der Waals surface area contributed by atoms with Gasteiger partial charge in [0.2, 0.25) is 5.91 Å². The fraction of sp³-hybridized carbons (Fsp3) is 0.487. The molecule has 52 heavy (non-hydrogen) atoms. The van der Waals surface area contributed by atoms with Gasteiger partial charge < -0.3 is 30.5 Å². The quantitative estimate of drug-likeness (QED) is 0.116. The molecule has 0 saturated carbocycles. The van der Waals surface area contributed by atoms with E-state index in [2.05, 4.69) is 16.0 Å². The highest BCUT2D eigenvalue weighted by Crippen LogP contribution is 2.32. The smallest absolute Gasteiger partial charge is 0.252 e. The van der Waals surface area contributed by atoms with Crippen molar-refractivity contribution in [3.8, 4) is 11.5 Å². The van der Waals surface area contributed by atoms with Gasteiger partial charge in [-0.3, -0.25) is 9.59 Å². The number of nitrogens with one attached hydrogen (secondary N) is 3. The van der Waals surface area contributed by atoms with Crippen LogP contribution in [0.3, 0.4) is 0 Å². The largest absolute Gasteiger partial charge is 0.493 e. The summed E-state index contributed by atoms with van der Waals surface area (Å²) in [6, 6.07) is 11.1. The Balaban J connectivity index is 1.95. The topological polar surface area (TPSA) is 143 Å². The first-order chi connectivity index (χ1) is 24.7. The van der Waals surface area contributed by atoms with Crippen LogP contribution < -0.4 is 25.4 Å². The number of sulfone groups is 1. The van der Waals surface area contributed by atoms with Gasteiger partial charge in [0.05, 0.1) is 37.4 Å². The van der Waals surface area contributed by atoms with Crippen LogP contribution in [-0.4, -0.2) is 75.3 Å². The third-order valence-corrected chi connectivity index (χ3v) is 11.2. The minimum absolute atomic E-state index is 0.0194. The van der Waals surface area contributed by atoms with Crippen LogP contribution >= 0.6 is 0 Å². The zero-order chi connectivity index (χ0) is 38.4. The van der Waals surface area contributed by atoms with E-state index in [1.807, 2.05) is 45.0 Å². The highest BCUT2D eigenvalue weighted by molar-refractivity contribution is 7.92. The number of amides is 2. The average Bonchev–Trinajstić information content (AvgIpc) is 3.10. The van der Waals surface area contributed by atoms with Crippen LogP contribution in [0, 0.1) is 18.6 Å². The fourth-order valence-electron chi connectivity index (χ4n) is 6.24. The van der Waals surface area contributed by atoms with Gasteiger partial charge in [0.15, 0.2) is 21.3 Å². The molecular weight excluding hydrogens is 693 g/mol. The van der Waals surface area contributed by atoms with E-state index in [0.29, 0.717) is 43.5 Å². The first-order valence-electron chi connectivity index (χ1n) is 17.7. The first kappa shape index (κ1) is 42.3. The van der Waals surface area contributed by atoms with Crippen LogP contribution in [0.5, 0.6) is 11.5 Å². The molecular formula is C39H53F2N3O7S. The summed E-state index contributed by atoms with van der Waals surface area (Å²) in [5.41, 5.74) is 2.96. The number of methoxy groups -OCH3 is 2. The van der Waals surface area contributed by atoms with Crippen molar-refractivity contribution in [2.75, 3.05) is 26.5 Å². The van der Waals surface area contributed by atoms with Gasteiger partial charge in [0, 0.05) is 24.7 Å². The zero-order valence-corrected chi connectivity index (χ0v) is 31.7. The van der Waals surface area contributed by atoms with Crippen molar-refractivity contribution in [1.82, 2.24) is 16.0 Å². The monoisotopic (exact) mass is 745 g/mol. The van der Waals surface area contributed by atoms with Gasteiger partial charge in [-0.1, -0.05) is 57.9 Å². The number of hydrogen-bond acceptors (Lipinski definition) is 8. The molecule has 3 aromatic rings. The Hall–Kier alpha value is -4.07. The van der Waals surface area contributed by atoms with Crippen LogP contribution in [0.25, 0.3) is 0 Å². The van der Waals surface area contributed by atoms with Crippen LogP contribution in [0.2, 0.25) is 0 Å². The van der Waals surface area contributed by atoms with Crippen molar-refractivity contribution in [3.05, 3.63) is 94.0 Å². The lowest BCUT2D eigenvalue weighted by Gasteiger charge is -2.28. The number of aliphatic hydroxyl groups excluding tert-OH is 1. The number of carbonyl (C=O) groups is 2. The van der Waals surface area contributed by atoms with Crippen molar-refractivity contribution >= 4 is 21.7 Å². The van der Waals surface area contributed by atoms with E-state index in [0.717, 1.165) is 35.7 Å². The molecule has 3 rings (SSSR count). The molecule has 0 bridgehead atoms. The number of ether oxygens (including phenoxy) is 2. The van der Waals surface area contributed by atoms with Crippen molar-refractivity contribution in [2.45, 2.75) is 96.2 Å². The molecule has 0 aromatic heterocycles. The maximum Gasteiger partial charge on any atom is 0.252 e. The lowest BCUT2D eigenvalue weighted by molar-refractivity contribution is -0.124. The highest BCUT2D eigenvalue weighted by Gasteiger charge is 2.34. The first-order valence-corrected chi connectivity index (χ1v) is 19.4. The lowest BCUT2D eigenvalue weighted by Crippen LogP contribution is -2.57. The summed E-state index contributed by atoms with van der Waals surface area (Å²) < 4.78 is 66.7. The number of benzene rings is 3. The zero-order valence-electron chi connectivity index (χ0n) is 30.9. The summed E-state index contributed by atoms with van der Waals surface area (Å²) >= 11 is 0. The van der Waals surface area contributed by atoms with Crippen LogP contribution in [-0.2, 0) is 34.0 Å². The van der Waals surface area contributed by atoms with Gasteiger partial charge in [0.25, 0.3) is 5.91 Å². The third-order valence-electron chi connectivity index (χ3n) is 8.93. The second-order valence-corrected chi connectivity index (χ2v) is 15.4. The lowest BCUT2D eigenvalue weighted by atomic mass is 10.00. The maximum absolute atomic E-state index is 14.2. The summed E-state index contributed by atoms with van der Waals surface area (Å²) in [6.45, 7) is 7.89.